The lowest BCUT2D eigenvalue weighted by Crippen LogP contribution is -1.87. The van der Waals surface area contributed by atoms with E-state index in [2.05, 4.69) is 28.1 Å². The van der Waals surface area contributed by atoms with Gasteiger partial charge in [0, 0.05) is 0 Å². The number of hydrogen-bond donors (Lipinski definition) is 0. The van der Waals surface area contributed by atoms with E-state index in [1.165, 1.54) is 0 Å². The second-order valence-corrected chi connectivity index (χ2v) is 3.48. The topological polar surface area (TPSA) is 47.6 Å². The smallest absolute Gasteiger partial charge is 0.126 e. The fourth-order valence-corrected chi connectivity index (χ4v) is 1.28. The molecule has 3 heteroatoms. The molecule has 2 nitrogen and oxygen atoms in total. The maximum absolute atomic E-state index is 8.61. The van der Waals surface area contributed by atoms with E-state index in [0.29, 0.717) is 6.42 Å². The summed E-state index contributed by atoms with van der Waals surface area (Å²) < 4.78 is 0. The summed E-state index contributed by atoms with van der Waals surface area (Å²) >= 11 is 3.22. The van der Waals surface area contributed by atoms with Gasteiger partial charge >= 0.3 is 0 Å². The van der Waals surface area contributed by atoms with Crippen LogP contribution in [0.4, 0.5) is 0 Å². The Hall–Kier alpha value is -1.32. The molecule has 0 heterocycles. The predicted octanol–water partition coefficient (Wildman–Crippen LogP) is 2.71. The van der Waals surface area contributed by atoms with Crippen LogP contribution in [0.1, 0.15) is 16.0 Å². The Labute approximate surface area is 85.5 Å². The van der Waals surface area contributed by atoms with Crippen molar-refractivity contribution in [2.24, 2.45) is 0 Å². The fourth-order valence-electron chi connectivity index (χ4n) is 0.970. The molecule has 64 valence electrons. The molecular formula is C10H7BrN2. The third-order valence-electron chi connectivity index (χ3n) is 1.67. The van der Waals surface area contributed by atoms with E-state index in [0.717, 1.165) is 11.1 Å². The van der Waals surface area contributed by atoms with Crippen molar-refractivity contribution in [3.8, 4) is 12.1 Å². The molecule has 0 bridgehead atoms. The van der Waals surface area contributed by atoms with Crippen LogP contribution in [0.15, 0.2) is 24.3 Å². The lowest BCUT2D eigenvalue weighted by Gasteiger charge is -2.01. The predicted molar refractivity (Wildman–Crippen MR) is 53.0 cm³/mol. The molecule has 0 saturated heterocycles. The van der Waals surface area contributed by atoms with Gasteiger partial charge in [-0.1, -0.05) is 40.2 Å². The van der Waals surface area contributed by atoms with E-state index in [1.54, 1.807) is 0 Å². The highest BCUT2D eigenvalue weighted by Gasteiger charge is 2.04. The Morgan fingerprint density at radius 3 is 2.31 bits per heavy atom. The van der Waals surface area contributed by atoms with Crippen molar-refractivity contribution in [3.05, 3.63) is 35.4 Å². The molecule has 0 saturated carbocycles. The summed E-state index contributed by atoms with van der Waals surface area (Å²) in [6.45, 7) is 0. The van der Waals surface area contributed by atoms with Crippen LogP contribution in [0.25, 0.3) is 0 Å². The van der Waals surface area contributed by atoms with Crippen LogP contribution in [0, 0.1) is 22.7 Å². The molecule has 1 aromatic carbocycles. The molecule has 0 fully saturated rings. The van der Waals surface area contributed by atoms with Crippen molar-refractivity contribution in [2.45, 2.75) is 11.2 Å². The quantitative estimate of drug-likeness (QED) is 0.740. The second-order valence-electron chi connectivity index (χ2n) is 2.57. The third-order valence-corrected chi connectivity index (χ3v) is 2.40. The molecule has 0 aliphatic heterocycles. The van der Waals surface area contributed by atoms with Crippen molar-refractivity contribution in [3.63, 3.8) is 0 Å². The fraction of sp³-hybridized carbons (Fsp3) is 0.200. The third kappa shape index (κ3) is 2.57. The van der Waals surface area contributed by atoms with Gasteiger partial charge in [0.1, 0.15) is 4.83 Å². The van der Waals surface area contributed by atoms with Gasteiger partial charge in [-0.3, -0.25) is 0 Å². The summed E-state index contributed by atoms with van der Waals surface area (Å²) in [5, 5.41) is 17.0. The normalized spacial score (nSPS) is 11.3. The van der Waals surface area contributed by atoms with Crippen molar-refractivity contribution in [1.29, 1.82) is 10.5 Å². The minimum absolute atomic E-state index is 0.261. The average Bonchev–Trinajstić information content (AvgIpc) is 2.18. The van der Waals surface area contributed by atoms with Crippen molar-refractivity contribution < 1.29 is 0 Å². The number of nitriles is 2. The summed E-state index contributed by atoms with van der Waals surface area (Å²) in [7, 11) is 0. The number of benzene rings is 1. The lowest BCUT2D eigenvalue weighted by atomic mass is 10.1. The van der Waals surface area contributed by atoms with E-state index in [1.807, 2.05) is 24.3 Å². The summed E-state index contributed by atoms with van der Waals surface area (Å²) in [5.41, 5.74) is 1.90. The molecule has 1 aromatic rings. The molecule has 0 radical (unpaired) electrons. The standard InChI is InChI=1S/C10H7BrN2/c11-10(7-13)9-3-1-8(2-4-9)5-6-12/h1-4,10H,5H2. The Morgan fingerprint density at radius 2 is 1.85 bits per heavy atom. The first-order valence-corrected chi connectivity index (χ1v) is 4.69. The van der Waals surface area contributed by atoms with Gasteiger partial charge in [-0.2, -0.15) is 10.5 Å². The first-order valence-electron chi connectivity index (χ1n) is 3.77. The molecule has 0 spiro atoms. The highest BCUT2D eigenvalue weighted by atomic mass is 79.9. The van der Waals surface area contributed by atoms with Gasteiger partial charge in [-0.15, -0.1) is 0 Å². The number of halogens is 1. The Kier molecular flexibility index (Phi) is 3.49. The van der Waals surface area contributed by atoms with Gasteiger partial charge in [-0.05, 0) is 11.1 Å². The number of nitrogens with zero attached hydrogens (tertiary/aromatic N) is 2. The monoisotopic (exact) mass is 234 g/mol. The summed E-state index contributed by atoms with van der Waals surface area (Å²) in [6.07, 6.45) is 0.416. The molecular weight excluding hydrogens is 228 g/mol. The zero-order chi connectivity index (χ0) is 9.68. The zero-order valence-electron chi connectivity index (χ0n) is 6.87. The maximum Gasteiger partial charge on any atom is 0.126 e. The van der Waals surface area contributed by atoms with Gasteiger partial charge in [-0.25, -0.2) is 0 Å². The average molecular weight is 235 g/mol. The van der Waals surface area contributed by atoms with E-state index >= 15 is 0 Å². The van der Waals surface area contributed by atoms with Crippen LogP contribution >= 0.6 is 15.9 Å². The van der Waals surface area contributed by atoms with E-state index in [9.17, 15) is 0 Å². The van der Waals surface area contributed by atoms with Crippen LogP contribution in [-0.4, -0.2) is 0 Å². The van der Waals surface area contributed by atoms with E-state index < -0.39 is 0 Å². The number of hydrogen-bond acceptors (Lipinski definition) is 2. The van der Waals surface area contributed by atoms with Gasteiger partial charge in [0.25, 0.3) is 0 Å². The second kappa shape index (κ2) is 4.64. The number of rotatable bonds is 2. The van der Waals surface area contributed by atoms with E-state index in [-0.39, 0.29) is 4.83 Å². The first-order chi connectivity index (χ1) is 6.27. The molecule has 0 aromatic heterocycles. The van der Waals surface area contributed by atoms with Crippen LogP contribution in [0.5, 0.6) is 0 Å². The van der Waals surface area contributed by atoms with Crippen LogP contribution < -0.4 is 0 Å². The van der Waals surface area contributed by atoms with Crippen LogP contribution in [-0.2, 0) is 6.42 Å². The molecule has 1 atom stereocenters. The Bertz CT molecular complexity index is 356. The molecule has 0 aliphatic rings. The minimum Gasteiger partial charge on any atom is -0.198 e. The van der Waals surface area contributed by atoms with Gasteiger partial charge in [0.15, 0.2) is 0 Å². The molecule has 0 N–H and O–H groups in total. The summed E-state index contributed by atoms with van der Waals surface area (Å²) in [4.78, 5) is -0.261. The van der Waals surface area contributed by atoms with E-state index in [4.69, 9.17) is 10.5 Å². The SMILES string of the molecule is N#CCc1ccc(C(Br)C#N)cc1. The largest absolute Gasteiger partial charge is 0.198 e. The summed E-state index contributed by atoms with van der Waals surface area (Å²) in [6, 6.07) is 11.6. The molecule has 1 rings (SSSR count). The molecule has 13 heavy (non-hydrogen) atoms. The highest BCUT2D eigenvalue weighted by Crippen LogP contribution is 2.21. The van der Waals surface area contributed by atoms with Crippen molar-refractivity contribution >= 4 is 15.9 Å². The highest BCUT2D eigenvalue weighted by molar-refractivity contribution is 9.09. The van der Waals surface area contributed by atoms with Crippen molar-refractivity contribution in [2.75, 3.05) is 0 Å². The van der Waals surface area contributed by atoms with Crippen molar-refractivity contribution in [1.82, 2.24) is 0 Å². The molecule has 0 amide bonds. The molecule has 0 aliphatic carbocycles. The van der Waals surface area contributed by atoms with Gasteiger partial charge < -0.3 is 0 Å². The Balaban J connectivity index is 2.83. The Morgan fingerprint density at radius 1 is 1.23 bits per heavy atom. The lowest BCUT2D eigenvalue weighted by molar-refractivity contribution is 1.21. The maximum atomic E-state index is 8.61. The zero-order valence-corrected chi connectivity index (χ0v) is 8.45. The van der Waals surface area contributed by atoms with Crippen LogP contribution in [0.2, 0.25) is 0 Å². The molecule has 1 unspecified atom stereocenters. The first kappa shape index (κ1) is 9.77. The number of alkyl halides is 1. The van der Waals surface area contributed by atoms with Gasteiger partial charge in [0.2, 0.25) is 0 Å². The minimum atomic E-state index is -0.261. The van der Waals surface area contributed by atoms with Crippen LogP contribution in [0.3, 0.4) is 0 Å². The van der Waals surface area contributed by atoms with Gasteiger partial charge in [0.05, 0.1) is 18.6 Å². The summed E-state index contributed by atoms with van der Waals surface area (Å²) in [5.74, 6) is 0.